The molecule has 104 valence electrons. The van der Waals surface area contributed by atoms with Crippen LogP contribution in [0.2, 0.25) is 0 Å². The lowest BCUT2D eigenvalue weighted by atomic mass is 9.86. The van der Waals surface area contributed by atoms with Gasteiger partial charge in [0.25, 0.3) is 0 Å². The van der Waals surface area contributed by atoms with E-state index in [1.807, 2.05) is 6.92 Å². The van der Waals surface area contributed by atoms with Crippen molar-refractivity contribution in [3.63, 3.8) is 0 Å². The van der Waals surface area contributed by atoms with Crippen LogP contribution in [0.5, 0.6) is 0 Å². The van der Waals surface area contributed by atoms with Crippen LogP contribution in [-0.4, -0.2) is 15.7 Å². The number of benzene rings is 1. The second-order valence-electron chi connectivity index (χ2n) is 4.95. The summed E-state index contributed by atoms with van der Waals surface area (Å²) >= 11 is 0. The molecule has 1 aliphatic rings. The maximum Gasteiger partial charge on any atom is 0.226 e. The number of aromatic nitrogens is 2. The van der Waals surface area contributed by atoms with Gasteiger partial charge in [-0.25, -0.2) is 8.78 Å². The second-order valence-corrected chi connectivity index (χ2v) is 4.95. The number of carbonyl (C=O) groups is 1. The summed E-state index contributed by atoms with van der Waals surface area (Å²) in [6.45, 7) is 1.84. The number of anilines is 1. The lowest BCUT2D eigenvalue weighted by Crippen LogP contribution is -2.24. The zero-order valence-electron chi connectivity index (χ0n) is 11.1. The summed E-state index contributed by atoms with van der Waals surface area (Å²) < 4.78 is 28.1. The maximum absolute atomic E-state index is 13.4. The van der Waals surface area contributed by atoms with Gasteiger partial charge < -0.3 is 5.32 Å². The minimum absolute atomic E-state index is 0.157. The number of carbonyl (C=O) groups excluding carboxylic acids is 1. The molecule has 6 heteroatoms. The summed E-state index contributed by atoms with van der Waals surface area (Å²) in [5, 5.41) is 7.05. The first-order valence-electron chi connectivity index (χ1n) is 6.25. The van der Waals surface area contributed by atoms with Crippen molar-refractivity contribution in [1.29, 1.82) is 0 Å². The summed E-state index contributed by atoms with van der Waals surface area (Å²) in [6.07, 6.45) is 0.199. The number of aryl methyl sites for hydroxylation is 2. The lowest BCUT2D eigenvalue weighted by molar-refractivity contribution is -0.116. The topological polar surface area (TPSA) is 46.9 Å². The molecule has 1 amide bonds. The van der Waals surface area contributed by atoms with E-state index in [0.29, 0.717) is 11.4 Å². The number of rotatable bonds is 1. The van der Waals surface area contributed by atoms with Crippen molar-refractivity contribution in [2.75, 3.05) is 5.32 Å². The third-order valence-electron chi connectivity index (χ3n) is 3.61. The molecule has 2 aromatic rings. The Morgan fingerprint density at radius 1 is 1.35 bits per heavy atom. The Bertz CT molecular complexity index is 709. The first kappa shape index (κ1) is 12.8. The predicted octanol–water partition coefficient (Wildman–Crippen LogP) is 2.48. The van der Waals surface area contributed by atoms with Crippen LogP contribution in [0.1, 0.15) is 29.2 Å². The summed E-state index contributed by atoms with van der Waals surface area (Å²) in [4.78, 5) is 11.8. The van der Waals surface area contributed by atoms with Crippen LogP contribution in [0, 0.1) is 18.6 Å². The molecular weight excluding hydrogens is 264 g/mol. The average molecular weight is 277 g/mol. The van der Waals surface area contributed by atoms with E-state index < -0.39 is 11.6 Å². The van der Waals surface area contributed by atoms with Gasteiger partial charge in [0.2, 0.25) is 5.91 Å². The van der Waals surface area contributed by atoms with E-state index in [2.05, 4.69) is 10.4 Å². The van der Waals surface area contributed by atoms with Gasteiger partial charge >= 0.3 is 0 Å². The van der Waals surface area contributed by atoms with Crippen molar-refractivity contribution in [2.45, 2.75) is 19.3 Å². The highest BCUT2D eigenvalue weighted by atomic mass is 19.2. The summed E-state index contributed by atoms with van der Waals surface area (Å²) in [5.41, 5.74) is 2.21. The van der Waals surface area contributed by atoms with Gasteiger partial charge in [-0.05, 0) is 24.6 Å². The minimum Gasteiger partial charge on any atom is -0.311 e. The monoisotopic (exact) mass is 277 g/mol. The fourth-order valence-electron chi connectivity index (χ4n) is 2.72. The van der Waals surface area contributed by atoms with E-state index in [1.54, 1.807) is 11.7 Å². The Hall–Kier alpha value is -2.24. The fraction of sp³-hybridized carbons (Fsp3) is 0.286. The van der Waals surface area contributed by atoms with Crippen molar-refractivity contribution < 1.29 is 13.6 Å². The van der Waals surface area contributed by atoms with E-state index in [-0.39, 0.29) is 18.2 Å². The second kappa shape index (κ2) is 4.40. The third kappa shape index (κ3) is 1.88. The van der Waals surface area contributed by atoms with Crippen LogP contribution in [0.15, 0.2) is 18.2 Å². The molecule has 0 radical (unpaired) electrons. The van der Waals surface area contributed by atoms with Crippen LogP contribution >= 0.6 is 0 Å². The Morgan fingerprint density at radius 3 is 2.80 bits per heavy atom. The van der Waals surface area contributed by atoms with Gasteiger partial charge in [-0.2, -0.15) is 5.10 Å². The molecule has 3 rings (SSSR count). The minimum atomic E-state index is -0.906. The van der Waals surface area contributed by atoms with Crippen molar-refractivity contribution in [2.24, 2.45) is 7.05 Å². The van der Waals surface area contributed by atoms with Gasteiger partial charge in [0.1, 0.15) is 5.82 Å². The molecule has 0 saturated heterocycles. The molecule has 0 spiro atoms. The molecule has 1 N–H and O–H groups in total. The van der Waals surface area contributed by atoms with Crippen LogP contribution in [0.25, 0.3) is 0 Å². The van der Waals surface area contributed by atoms with E-state index in [4.69, 9.17) is 0 Å². The Kier molecular flexibility index (Phi) is 2.81. The van der Waals surface area contributed by atoms with E-state index in [9.17, 15) is 13.6 Å². The Labute approximate surface area is 114 Å². The van der Waals surface area contributed by atoms with Gasteiger partial charge in [0.15, 0.2) is 11.6 Å². The Morgan fingerprint density at radius 2 is 2.10 bits per heavy atom. The molecule has 1 aliphatic heterocycles. The standard InChI is InChI=1S/C14H13F2N3O/c1-7-13-9(8-3-4-10(15)11(16)5-8)6-12(20)17-14(13)19(2)18-7/h3-5,9H,6H2,1-2H3,(H,17,20)/t9-/m0/s1. The molecule has 0 bridgehead atoms. The molecular formula is C14H13F2N3O. The van der Waals surface area contributed by atoms with Crippen molar-refractivity contribution in [1.82, 2.24) is 9.78 Å². The zero-order chi connectivity index (χ0) is 14.4. The highest BCUT2D eigenvalue weighted by molar-refractivity contribution is 5.94. The van der Waals surface area contributed by atoms with Crippen LogP contribution in [0.3, 0.4) is 0 Å². The number of fused-ring (bicyclic) bond motifs is 1. The quantitative estimate of drug-likeness (QED) is 0.870. The molecule has 1 aromatic carbocycles. The fourth-order valence-corrected chi connectivity index (χ4v) is 2.72. The summed E-state index contributed by atoms with van der Waals surface area (Å²) in [7, 11) is 1.74. The molecule has 0 aliphatic carbocycles. The molecule has 1 atom stereocenters. The molecule has 20 heavy (non-hydrogen) atoms. The number of hydrogen-bond donors (Lipinski definition) is 1. The number of nitrogens with one attached hydrogen (secondary N) is 1. The van der Waals surface area contributed by atoms with Gasteiger partial charge in [0, 0.05) is 24.9 Å². The van der Waals surface area contributed by atoms with E-state index in [1.165, 1.54) is 6.07 Å². The maximum atomic E-state index is 13.4. The first-order valence-corrected chi connectivity index (χ1v) is 6.25. The summed E-state index contributed by atoms with van der Waals surface area (Å²) in [6, 6.07) is 3.75. The largest absolute Gasteiger partial charge is 0.311 e. The smallest absolute Gasteiger partial charge is 0.226 e. The van der Waals surface area contributed by atoms with Gasteiger partial charge in [0.05, 0.1) is 5.69 Å². The summed E-state index contributed by atoms with van der Waals surface area (Å²) in [5.74, 6) is -1.64. The first-order chi connectivity index (χ1) is 9.47. The van der Waals surface area contributed by atoms with Gasteiger partial charge in [-0.15, -0.1) is 0 Å². The highest BCUT2D eigenvalue weighted by Gasteiger charge is 2.31. The van der Waals surface area contributed by atoms with E-state index >= 15 is 0 Å². The van der Waals surface area contributed by atoms with E-state index in [0.717, 1.165) is 23.4 Å². The molecule has 2 heterocycles. The van der Waals surface area contributed by atoms with Gasteiger partial charge in [-0.3, -0.25) is 9.48 Å². The molecule has 4 nitrogen and oxygen atoms in total. The van der Waals surface area contributed by atoms with Crippen molar-refractivity contribution in [3.05, 3.63) is 46.7 Å². The number of halogens is 2. The third-order valence-corrected chi connectivity index (χ3v) is 3.61. The van der Waals surface area contributed by atoms with Crippen LogP contribution in [-0.2, 0) is 11.8 Å². The van der Waals surface area contributed by atoms with Gasteiger partial charge in [-0.1, -0.05) is 6.07 Å². The van der Waals surface area contributed by atoms with Crippen molar-refractivity contribution >= 4 is 11.7 Å². The molecule has 1 aromatic heterocycles. The number of hydrogen-bond acceptors (Lipinski definition) is 2. The SMILES string of the molecule is Cc1nn(C)c2c1[C@H](c1ccc(F)c(F)c1)CC(=O)N2. The normalized spacial score (nSPS) is 17.8. The van der Waals surface area contributed by atoms with Crippen LogP contribution in [0.4, 0.5) is 14.6 Å². The average Bonchev–Trinajstić information content (AvgIpc) is 2.67. The van der Waals surface area contributed by atoms with Crippen molar-refractivity contribution in [3.8, 4) is 0 Å². The van der Waals surface area contributed by atoms with Crippen LogP contribution < -0.4 is 5.32 Å². The number of amides is 1. The molecule has 0 fully saturated rings. The Balaban J connectivity index is 2.15. The number of nitrogens with zero attached hydrogens (tertiary/aromatic N) is 2. The molecule has 0 unspecified atom stereocenters. The highest BCUT2D eigenvalue weighted by Crippen LogP contribution is 2.39. The zero-order valence-corrected chi connectivity index (χ0v) is 11.1. The predicted molar refractivity (Wildman–Crippen MR) is 69.4 cm³/mol. The molecule has 0 saturated carbocycles. The lowest BCUT2D eigenvalue weighted by Gasteiger charge is -2.24.